The maximum atomic E-state index is 10.9. The summed E-state index contributed by atoms with van der Waals surface area (Å²) in [5.41, 5.74) is 6.13. The predicted octanol–water partition coefficient (Wildman–Crippen LogP) is 2.44. The first kappa shape index (κ1) is 13.2. The van der Waals surface area contributed by atoms with Crippen molar-refractivity contribution < 1.29 is 9.45 Å². The van der Waals surface area contributed by atoms with Gasteiger partial charge in [-0.2, -0.15) is 4.98 Å². The number of hydrogen-bond acceptors (Lipinski definition) is 6. The lowest BCUT2D eigenvalue weighted by Crippen LogP contribution is -2.09. The minimum Gasteiger partial charge on any atom is -0.337 e. The summed E-state index contributed by atoms with van der Waals surface area (Å²) in [6.07, 6.45) is 1.61. The number of hydrogen-bond donors (Lipinski definition) is 1. The molecule has 1 heterocycles. The molecule has 2 N–H and O–H groups in total. The quantitative estimate of drug-likeness (QED) is 0.654. The number of aromatic nitrogens is 2. The second-order valence-electron chi connectivity index (χ2n) is 4.13. The largest absolute Gasteiger partial charge is 0.337 e. The number of nitro groups is 1. The van der Waals surface area contributed by atoms with Gasteiger partial charge < -0.3 is 10.3 Å². The monoisotopic (exact) mass is 262 g/mol. The fourth-order valence-electron chi connectivity index (χ4n) is 1.75. The van der Waals surface area contributed by atoms with Crippen molar-refractivity contribution in [2.45, 2.75) is 25.8 Å². The Labute approximate surface area is 109 Å². The molecule has 0 aliphatic carbocycles. The van der Waals surface area contributed by atoms with Gasteiger partial charge >= 0.3 is 0 Å². The van der Waals surface area contributed by atoms with E-state index in [1.165, 1.54) is 6.07 Å². The molecule has 2 aromatic rings. The van der Waals surface area contributed by atoms with Crippen LogP contribution >= 0.6 is 0 Å². The molecular weight excluding hydrogens is 248 g/mol. The average molecular weight is 262 g/mol. The molecular formula is C12H14N4O3. The van der Waals surface area contributed by atoms with Gasteiger partial charge in [0, 0.05) is 6.07 Å². The van der Waals surface area contributed by atoms with Crippen molar-refractivity contribution in [1.29, 1.82) is 0 Å². The topological polar surface area (TPSA) is 108 Å². The second kappa shape index (κ2) is 5.57. The van der Waals surface area contributed by atoms with Crippen LogP contribution in [0.1, 0.15) is 31.7 Å². The van der Waals surface area contributed by atoms with Crippen molar-refractivity contribution in [2.75, 3.05) is 0 Å². The van der Waals surface area contributed by atoms with E-state index in [2.05, 4.69) is 10.1 Å². The summed E-state index contributed by atoms with van der Waals surface area (Å²) in [5, 5.41) is 14.7. The lowest BCUT2D eigenvalue weighted by molar-refractivity contribution is -0.384. The van der Waals surface area contributed by atoms with Crippen molar-refractivity contribution in [3.8, 4) is 11.4 Å². The van der Waals surface area contributed by atoms with Crippen molar-refractivity contribution >= 4 is 5.69 Å². The van der Waals surface area contributed by atoms with Gasteiger partial charge in [-0.05, 0) is 12.5 Å². The summed E-state index contributed by atoms with van der Waals surface area (Å²) in [5.74, 6) is 0.490. The van der Waals surface area contributed by atoms with Gasteiger partial charge in [0.25, 0.3) is 5.69 Å². The molecule has 2 rings (SSSR count). The van der Waals surface area contributed by atoms with E-state index in [0.29, 0.717) is 11.5 Å². The van der Waals surface area contributed by atoms with Crippen LogP contribution < -0.4 is 5.73 Å². The Bertz CT molecular complexity index is 582. The van der Waals surface area contributed by atoms with Crippen molar-refractivity contribution in [1.82, 2.24) is 10.1 Å². The molecule has 19 heavy (non-hydrogen) atoms. The third-order valence-electron chi connectivity index (χ3n) is 2.70. The average Bonchev–Trinajstić information content (AvgIpc) is 2.88. The molecule has 0 bridgehead atoms. The Hall–Kier alpha value is -2.28. The van der Waals surface area contributed by atoms with Crippen LogP contribution in [0, 0.1) is 10.1 Å². The molecule has 0 aliphatic heterocycles. The first-order chi connectivity index (χ1) is 9.13. The van der Waals surface area contributed by atoms with Crippen LogP contribution in [0.15, 0.2) is 28.8 Å². The van der Waals surface area contributed by atoms with Gasteiger partial charge in [0.1, 0.15) is 5.56 Å². The third kappa shape index (κ3) is 2.76. The highest BCUT2D eigenvalue weighted by molar-refractivity contribution is 5.67. The molecule has 0 aliphatic rings. The van der Waals surface area contributed by atoms with Gasteiger partial charge in [-0.25, -0.2) is 0 Å². The van der Waals surface area contributed by atoms with E-state index in [-0.39, 0.29) is 17.6 Å². The Morgan fingerprint density at radius 2 is 2.21 bits per heavy atom. The minimum atomic E-state index is -0.475. The fraction of sp³-hybridized carbons (Fsp3) is 0.333. The van der Waals surface area contributed by atoms with Crippen LogP contribution in [-0.2, 0) is 0 Å². The zero-order valence-corrected chi connectivity index (χ0v) is 10.4. The van der Waals surface area contributed by atoms with Crippen LogP contribution in [0.3, 0.4) is 0 Å². The van der Waals surface area contributed by atoms with Gasteiger partial charge in [0.2, 0.25) is 11.7 Å². The first-order valence-corrected chi connectivity index (χ1v) is 5.96. The standard InChI is InChI=1S/C12H14N4O3/c1-2-5-9(13)12-14-11(15-19-12)8-6-3-4-7-10(8)16(17)18/h3-4,6-7,9H,2,5,13H2,1H3. The maximum Gasteiger partial charge on any atom is 0.280 e. The Kier molecular flexibility index (Phi) is 3.86. The Morgan fingerprint density at radius 3 is 2.89 bits per heavy atom. The zero-order chi connectivity index (χ0) is 13.8. The highest BCUT2D eigenvalue weighted by atomic mass is 16.6. The van der Waals surface area contributed by atoms with Crippen LogP contribution in [0.25, 0.3) is 11.4 Å². The molecule has 0 spiro atoms. The SMILES string of the molecule is CCCC(N)c1nc(-c2ccccc2[N+](=O)[O-])no1. The molecule has 1 atom stereocenters. The minimum absolute atomic E-state index is 0.0566. The lowest BCUT2D eigenvalue weighted by Gasteiger charge is -2.02. The molecule has 1 aromatic carbocycles. The van der Waals surface area contributed by atoms with Crippen LogP contribution in [0.5, 0.6) is 0 Å². The fourth-order valence-corrected chi connectivity index (χ4v) is 1.75. The van der Waals surface area contributed by atoms with E-state index in [9.17, 15) is 10.1 Å². The number of nitro benzene ring substituents is 1. The Morgan fingerprint density at radius 1 is 1.47 bits per heavy atom. The van der Waals surface area contributed by atoms with E-state index in [0.717, 1.165) is 12.8 Å². The zero-order valence-electron chi connectivity index (χ0n) is 10.4. The summed E-state index contributed by atoms with van der Waals surface area (Å²) in [6, 6.07) is 5.92. The number of rotatable bonds is 5. The van der Waals surface area contributed by atoms with Gasteiger partial charge in [-0.15, -0.1) is 0 Å². The van der Waals surface area contributed by atoms with Gasteiger partial charge in [-0.1, -0.05) is 30.6 Å². The third-order valence-corrected chi connectivity index (χ3v) is 2.70. The summed E-state index contributed by atoms with van der Waals surface area (Å²) in [6.45, 7) is 2.00. The van der Waals surface area contributed by atoms with Gasteiger partial charge in [-0.3, -0.25) is 10.1 Å². The smallest absolute Gasteiger partial charge is 0.280 e. The first-order valence-electron chi connectivity index (χ1n) is 5.96. The van der Waals surface area contributed by atoms with E-state index < -0.39 is 4.92 Å². The highest BCUT2D eigenvalue weighted by Gasteiger charge is 2.21. The number of para-hydroxylation sites is 1. The van der Waals surface area contributed by atoms with Crippen LogP contribution in [-0.4, -0.2) is 15.1 Å². The van der Waals surface area contributed by atoms with E-state index in [4.69, 9.17) is 10.3 Å². The second-order valence-corrected chi connectivity index (χ2v) is 4.13. The number of nitrogens with two attached hydrogens (primary N) is 1. The van der Waals surface area contributed by atoms with Crippen LogP contribution in [0.4, 0.5) is 5.69 Å². The van der Waals surface area contributed by atoms with E-state index in [1.54, 1.807) is 18.2 Å². The van der Waals surface area contributed by atoms with Crippen molar-refractivity contribution in [3.63, 3.8) is 0 Å². The summed E-state index contributed by atoms with van der Waals surface area (Å²) < 4.78 is 5.06. The Balaban J connectivity index is 2.35. The molecule has 7 nitrogen and oxygen atoms in total. The van der Waals surface area contributed by atoms with E-state index >= 15 is 0 Å². The lowest BCUT2D eigenvalue weighted by atomic mass is 10.1. The maximum absolute atomic E-state index is 10.9. The van der Waals surface area contributed by atoms with E-state index in [1.807, 2.05) is 6.92 Å². The van der Waals surface area contributed by atoms with Crippen molar-refractivity contribution in [3.05, 3.63) is 40.3 Å². The molecule has 1 unspecified atom stereocenters. The molecule has 0 radical (unpaired) electrons. The van der Waals surface area contributed by atoms with Crippen molar-refractivity contribution in [2.24, 2.45) is 5.73 Å². The summed E-state index contributed by atoms with van der Waals surface area (Å²) >= 11 is 0. The summed E-state index contributed by atoms with van der Waals surface area (Å²) in [7, 11) is 0. The molecule has 0 saturated carbocycles. The van der Waals surface area contributed by atoms with Gasteiger partial charge in [0.05, 0.1) is 11.0 Å². The molecule has 7 heteroatoms. The normalized spacial score (nSPS) is 12.3. The molecule has 0 saturated heterocycles. The van der Waals surface area contributed by atoms with Crippen LogP contribution in [0.2, 0.25) is 0 Å². The van der Waals surface area contributed by atoms with Gasteiger partial charge in [0.15, 0.2) is 0 Å². The molecule has 100 valence electrons. The highest BCUT2D eigenvalue weighted by Crippen LogP contribution is 2.28. The molecule has 0 amide bonds. The molecule has 0 fully saturated rings. The summed E-state index contributed by atoms with van der Waals surface area (Å²) in [4.78, 5) is 14.6. The number of benzene rings is 1. The predicted molar refractivity (Wildman–Crippen MR) is 68.2 cm³/mol. The molecule has 1 aromatic heterocycles. The number of nitrogens with zero attached hydrogens (tertiary/aromatic N) is 3.